The molecule has 106 valence electrons. The summed E-state index contributed by atoms with van der Waals surface area (Å²) in [5, 5.41) is 0. The van der Waals surface area contributed by atoms with Gasteiger partial charge < -0.3 is 4.90 Å². The van der Waals surface area contributed by atoms with Gasteiger partial charge in [-0.1, -0.05) is 0 Å². The lowest BCUT2D eigenvalue weighted by atomic mass is 10.0. The predicted octanol–water partition coefficient (Wildman–Crippen LogP) is 1.04. The average molecular weight is 293 g/mol. The lowest BCUT2D eigenvalue weighted by molar-refractivity contribution is -0.117. The molecule has 2 saturated heterocycles. The Morgan fingerprint density at radius 1 is 1.20 bits per heavy atom. The first-order valence-corrected chi connectivity index (χ1v) is 8.33. The minimum Gasteiger partial charge on any atom is -0.308 e. The van der Waals surface area contributed by atoms with Gasteiger partial charge in [0.2, 0.25) is 5.91 Å². The van der Waals surface area contributed by atoms with Gasteiger partial charge in [0.15, 0.2) is 15.6 Å². The number of sulfone groups is 1. The maximum Gasteiger partial charge on any atom is 0.227 e. The molecule has 5 nitrogen and oxygen atoms in total. The van der Waals surface area contributed by atoms with Crippen molar-refractivity contribution in [1.29, 1.82) is 0 Å². The Morgan fingerprint density at radius 3 is 2.45 bits per heavy atom. The third-order valence-electron chi connectivity index (χ3n) is 4.03. The van der Waals surface area contributed by atoms with Crippen molar-refractivity contribution >= 4 is 27.2 Å². The van der Waals surface area contributed by atoms with E-state index in [1.807, 2.05) is 0 Å². The van der Waals surface area contributed by atoms with E-state index in [4.69, 9.17) is 0 Å². The monoisotopic (exact) mass is 293 g/mol. The molecule has 0 radical (unpaired) electrons. The van der Waals surface area contributed by atoms with Crippen LogP contribution in [0.4, 0.5) is 5.69 Å². The van der Waals surface area contributed by atoms with Gasteiger partial charge in [-0.05, 0) is 31.2 Å². The topological polar surface area (TPSA) is 71.5 Å². The van der Waals surface area contributed by atoms with Crippen LogP contribution in [0.15, 0.2) is 24.3 Å². The largest absolute Gasteiger partial charge is 0.308 e. The zero-order chi connectivity index (χ0) is 14.5. The standard InChI is InChI=1S/C14H15NO4S/c1-9(16)10-2-4-12(5-3-10)15-13-8-20(18,19)7-11(13)6-14(15)17/h2-5,11,13H,6-8H2,1H3/t11-,13-/m0/s1. The zero-order valence-electron chi connectivity index (χ0n) is 11.1. The number of Topliss-reactive ketones (excluding diaryl/α,β-unsaturated/α-hetero) is 1. The van der Waals surface area contributed by atoms with Crippen molar-refractivity contribution in [3.8, 4) is 0 Å². The normalized spacial score (nSPS) is 27.6. The van der Waals surface area contributed by atoms with Crippen LogP contribution in [0.5, 0.6) is 0 Å². The van der Waals surface area contributed by atoms with Gasteiger partial charge in [-0.2, -0.15) is 0 Å². The SMILES string of the molecule is CC(=O)c1ccc(N2C(=O)C[C@H]3CS(=O)(=O)C[C@@H]32)cc1. The Kier molecular flexibility index (Phi) is 2.93. The second-order valence-corrected chi connectivity index (χ2v) is 7.63. The lowest BCUT2D eigenvalue weighted by Crippen LogP contribution is -2.36. The molecule has 3 rings (SSSR count). The average Bonchev–Trinajstić information content (AvgIpc) is 2.79. The minimum absolute atomic E-state index is 0.0365. The number of amides is 1. The molecule has 1 aromatic rings. The van der Waals surface area contributed by atoms with Crippen molar-refractivity contribution < 1.29 is 18.0 Å². The Morgan fingerprint density at radius 2 is 1.85 bits per heavy atom. The third kappa shape index (κ3) is 2.14. The summed E-state index contributed by atoms with van der Waals surface area (Å²) in [6, 6.07) is 6.50. The summed E-state index contributed by atoms with van der Waals surface area (Å²) in [4.78, 5) is 24.9. The molecule has 2 fully saturated rings. The van der Waals surface area contributed by atoms with Gasteiger partial charge in [0.05, 0.1) is 17.5 Å². The van der Waals surface area contributed by atoms with Crippen LogP contribution in [-0.4, -0.2) is 37.7 Å². The van der Waals surface area contributed by atoms with Crippen LogP contribution in [0, 0.1) is 5.92 Å². The van der Waals surface area contributed by atoms with Crippen molar-refractivity contribution in [2.24, 2.45) is 5.92 Å². The molecular weight excluding hydrogens is 278 g/mol. The number of fused-ring (bicyclic) bond motifs is 1. The Labute approximate surface area is 117 Å². The Bertz CT molecular complexity index is 678. The van der Waals surface area contributed by atoms with Crippen LogP contribution in [0.25, 0.3) is 0 Å². The Hall–Kier alpha value is -1.69. The van der Waals surface area contributed by atoms with Gasteiger partial charge in [0.1, 0.15) is 0 Å². The smallest absolute Gasteiger partial charge is 0.227 e. The van der Waals surface area contributed by atoms with Crippen LogP contribution < -0.4 is 4.90 Å². The summed E-state index contributed by atoms with van der Waals surface area (Å²) in [6.07, 6.45) is 0.290. The van der Waals surface area contributed by atoms with Crippen LogP contribution in [-0.2, 0) is 14.6 Å². The fraction of sp³-hybridized carbons (Fsp3) is 0.429. The number of benzene rings is 1. The van der Waals surface area contributed by atoms with E-state index in [0.717, 1.165) is 0 Å². The van der Waals surface area contributed by atoms with Gasteiger partial charge in [0, 0.05) is 23.6 Å². The Balaban J connectivity index is 1.93. The highest BCUT2D eigenvalue weighted by atomic mass is 32.2. The molecule has 0 N–H and O–H groups in total. The van der Waals surface area contributed by atoms with Crippen LogP contribution in [0.1, 0.15) is 23.7 Å². The predicted molar refractivity (Wildman–Crippen MR) is 74.5 cm³/mol. The number of hydrogen-bond donors (Lipinski definition) is 0. The van der Waals surface area contributed by atoms with E-state index in [1.54, 1.807) is 29.2 Å². The number of carbonyl (C=O) groups is 2. The second kappa shape index (κ2) is 4.41. The molecule has 20 heavy (non-hydrogen) atoms. The molecule has 0 bridgehead atoms. The van der Waals surface area contributed by atoms with Gasteiger partial charge in [-0.15, -0.1) is 0 Å². The molecule has 6 heteroatoms. The molecular formula is C14H15NO4S. The van der Waals surface area contributed by atoms with Gasteiger partial charge in [-0.25, -0.2) is 8.42 Å². The molecule has 0 spiro atoms. The minimum atomic E-state index is -3.04. The maximum absolute atomic E-state index is 12.1. The van der Waals surface area contributed by atoms with E-state index < -0.39 is 9.84 Å². The van der Waals surface area contributed by atoms with Crippen LogP contribution in [0.2, 0.25) is 0 Å². The van der Waals surface area contributed by atoms with Crippen LogP contribution in [0.3, 0.4) is 0 Å². The van der Waals surface area contributed by atoms with Crippen LogP contribution >= 0.6 is 0 Å². The van der Waals surface area contributed by atoms with E-state index in [1.165, 1.54) is 6.92 Å². The fourth-order valence-corrected chi connectivity index (χ4v) is 5.15. The molecule has 0 aromatic heterocycles. The number of carbonyl (C=O) groups excluding carboxylic acids is 2. The number of ketones is 1. The summed E-state index contributed by atoms with van der Waals surface area (Å²) < 4.78 is 23.4. The number of anilines is 1. The second-order valence-electron chi connectivity index (χ2n) is 5.48. The highest BCUT2D eigenvalue weighted by molar-refractivity contribution is 7.91. The molecule has 0 unspecified atom stereocenters. The third-order valence-corrected chi connectivity index (χ3v) is 5.81. The molecule has 0 saturated carbocycles. The highest BCUT2D eigenvalue weighted by Crippen LogP contribution is 2.37. The number of hydrogen-bond acceptors (Lipinski definition) is 4. The van der Waals surface area contributed by atoms with E-state index in [-0.39, 0.29) is 35.2 Å². The van der Waals surface area contributed by atoms with Crippen molar-refractivity contribution in [2.75, 3.05) is 16.4 Å². The van der Waals surface area contributed by atoms with Crippen molar-refractivity contribution in [2.45, 2.75) is 19.4 Å². The summed E-state index contributed by atoms with van der Waals surface area (Å²) in [5.41, 5.74) is 1.25. The van der Waals surface area contributed by atoms with E-state index in [9.17, 15) is 18.0 Å². The quantitative estimate of drug-likeness (QED) is 0.764. The molecule has 2 heterocycles. The molecule has 1 aromatic carbocycles. The van der Waals surface area contributed by atoms with Gasteiger partial charge in [-0.3, -0.25) is 9.59 Å². The van der Waals surface area contributed by atoms with Crippen molar-refractivity contribution in [1.82, 2.24) is 0 Å². The van der Waals surface area contributed by atoms with E-state index in [2.05, 4.69) is 0 Å². The molecule has 2 aliphatic rings. The fourth-order valence-electron chi connectivity index (χ4n) is 3.08. The van der Waals surface area contributed by atoms with E-state index in [0.29, 0.717) is 17.7 Å². The number of rotatable bonds is 2. The highest BCUT2D eigenvalue weighted by Gasteiger charge is 2.49. The first-order valence-electron chi connectivity index (χ1n) is 6.51. The first kappa shape index (κ1) is 13.3. The zero-order valence-corrected chi connectivity index (χ0v) is 11.9. The summed E-state index contributed by atoms with van der Waals surface area (Å²) >= 11 is 0. The summed E-state index contributed by atoms with van der Waals surface area (Å²) in [7, 11) is -3.04. The summed E-state index contributed by atoms with van der Waals surface area (Å²) in [5.74, 6) is -0.0281. The van der Waals surface area contributed by atoms with Crippen molar-refractivity contribution in [3.63, 3.8) is 0 Å². The summed E-state index contributed by atoms with van der Waals surface area (Å²) in [6.45, 7) is 1.48. The van der Waals surface area contributed by atoms with Gasteiger partial charge >= 0.3 is 0 Å². The molecule has 0 aliphatic carbocycles. The van der Waals surface area contributed by atoms with Gasteiger partial charge in [0.25, 0.3) is 0 Å². The van der Waals surface area contributed by atoms with Crippen molar-refractivity contribution in [3.05, 3.63) is 29.8 Å². The first-order chi connectivity index (χ1) is 9.37. The maximum atomic E-state index is 12.1. The molecule has 2 atom stereocenters. The van der Waals surface area contributed by atoms with E-state index >= 15 is 0 Å². The lowest BCUT2D eigenvalue weighted by Gasteiger charge is -2.23. The number of nitrogens with zero attached hydrogens (tertiary/aromatic N) is 1. The molecule has 2 aliphatic heterocycles. The molecule has 1 amide bonds.